The van der Waals surface area contributed by atoms with Gasteiger partial charge in [-0.2, -0.15) is 0 Å². The molecule has 0 aliphatic rings. The third-order valence-electron chi connectivity index (χ3n) is 2.90. The molecule has 0 aliphatic heterocycles. The topological polar surface area (TPSA) is 43.9 Å². The Morgan fingerprint density at radius 2 is 2.16 bits per heavy atom. The Labute approximate surface area is 119 Å². The third-order valence-corrected chi connectivity index (χ3v) is 3.37. The van der Waals surface area contributed by atoms with Crippen molar-refractivity contribution in [1.82, 2.24) is 14.7 Å². The van der Waals surface area contributed by atoms with Crippen LogP contribution in [0.25, 0.3) is 11.0 Å². The van der Waals surface area contributed by atoms with E-state index in [0.717, 1.165) is 28.3 Å². The summed E-state index contributed by atoms with van der Waals surface area (Å²) in [6, 6.07) is 7.50. The summed E-state index contributed by atoms with van der Waals surface area (Å²) in [6.07, 6.45) is 0. The maximum Gasteiger partial charge on any atom is 0.156 e. The van der Waals surface area contributed by atoms with Crippen molar-refractivity contribution in [2.24, 2.45) is 0 Å². The number of rotatable bonds is 3. The lowest BCUT2D eigenvalue weighted by Crippen LogP contribution is -2.02. The van der Waals surface area contributed by atoms with Crippen LogP contribution in [-0.4, -0.2) is 14.7 Å². The molecular weight excluding hydrogens is 285 g/mol. The van der Waals surface area contributed by atoms with Crippen molar-refractivity contribution < 1.29 is 4.52 Å². The normalized spacial score (nSPS) is 11.3. The number of benzene rings is 1. The van der Waals surface area contributed by atoms with E-state index in [2.05, 4.69) is 10.1 Å². The molecule has 0 unspecified atom stereocenters. The molecule has 0 spiro atoms. The average molecular weight is 296 g/mol. The molecule has 2 aromatic heterocycles. The van der Waals surface area contributed by atoms with Gasteiger partial charge in [-0.1, -0.05) is 16.8 Å². The van der Waals surface area contributed by atoms with Gasteiger partial charge in [-0.05, 0) is 25.1 Å². The number of imidazole rings is 1. The number of hydrogen-bond donors (Lipinski definition) is 0. The van der Waals surface area contributed by atoms with E-state index in [4.69, 9.17) is 27.7 Å². The number of nitrogens with zero attached hydrogens (tertiary/aromatic N) is 3. The quantitative estimate of drug-likeness (QED) is 0.691. The fourth-order valence-electron chi connectivity index (χ4n) is 2.08. The van der Waals surface area contributed by atoms with Crippen LogP contribution < -0.4 is 0 Å². The zero-order valence-corrected chi connectivity index (χ0v) is 11.7. The standard InChI is InChI=1S/C13H11Cl2N3O/c1-8-4-10(19-17-8)7-18-12-3-2-9(15)5-11(12)16-13(18)6-14/h2-5H,6-7H2,1H3. The first-order valence-electron chi connectivity index (χ1n) is 5.80. The highest BCUT2D eigenvalue weighted by molar-refractivity contribution is 6.31. The van der Waals surface area contributed by atoms with Crippen LogP contribution in [-0.2, 0) is 12.4 Å². The summed E-state index contributed by atoms with van der Waals surface area (Å²) in [7, 11) is 0. The van der Waals surface area contributed by atoms with Crippen molar-refractivity contribution in [3.63, 3.8) is 0 Å². The summed E-state index contributed by atoms with van der Waals surface area (Å²) in [6.45, 7) is 2.45. The van der Waals surface area contributed by atoms with E-state index >= 15 is 0 Å². The van der Waals surface area contributed by atoms with E-state index < -0.39 is 0 Å². The SMILES string of the molecule is Cc1cc(Cn2c(CCl)nc3cc(Cl)ccc32)on1. The smallest absolute Gasteiger partial charge is 0.156 e. The van der Waals surface area contributed by atoms with Crippen LogP contribution >= 0.6 is 23.2 Å². The van der Waals surface area contributed by atoms with Crippen molar-refractivity contribution in [1.29, 1.82) is 0 Å². The Balaban J connectivity index is 2.10. The van der Waals surface area contributed by atoms with Crippen LogP contribution in [0.2, 0.25) is 5.02 Å². The Bertz CT molecular complexity index is 733. The van der Waals surface area contributed by atoms with Gasteiger partial charge in [0.15, 0.2) is 5.76 Å². The Morgan fingerprint density at radius 3 is 2.84 bits per heavy atom. The second-order valence-electron chi connectivity index (χ2n) is 4.32. The first-order chi connectivity index (χ1) is 9.17. The molecule has 0 saturated heterocycles. The zero-order chi connectivity index (χ0) is 13.4. The van der Waals surface area contributed by atoms with Gasteiger partial charge in [0.2, 0.25) is 0 Å². The van der Waals surface area contributed by atoms with Crippen molar-refractivity contribution >= 4 is 34.2 Å². The molecule has 0 aliphatic carbocycles. The summed E-state index contributed by atoms with van der Waals surface area (Å²) in [5, 5.41) is 4.54. The Hall–Kier alpha value is -1.52. The number of fused-ring (bicyclic) bond motifs is 1. The monoisotopic (exact) mass is 295 g/mol. The highest BCUT2D eigenvalue weighted by Crippen LogP contribution is 2.22. The molecule has 0 saturated carbocycles. The van der Waals surface area contributed by atoms with Gasteiger partial charge in [-0.15, -0.1) is 11.6 Å². The van der Waals surface area contributed by atoms with Crippen LogP contribution in [0, 0.1) is 6.92 Å². The number of hydrogen-bond acceptors (Lipinski definition) is 3. The predicted octanol–water partition coefficient (Wildman–Crippen LogP) is 3.77. The molecule has 0 atom stereocenters. The minimum Gasteiger partial charge on any atom is -0.359 e. The van der Waals surface area contributed by atoms with Crippen LogP contribution in [0.3, 0.4) is 0 Å². The van der Waals surface area contributed by atoms with Gasteiger partial charge in [-0.3, -0.25) is 0 Å². The maximum absolute atomic E-state index is 5.98. The maximum atomic E-state index is 5.98. The lowest BCUT2D eigenvalue weighted by Gasteiger charge is -2.04. The molecule has 0 N–H and O–H groups in total. The zero-order valence-electron chi connectivity index (χ0n) is 10.2. The van der Waals surface area contributed by atoms with E-state index in [-0.39, 0.29) is 0 Å². The van der Waals surface area contributed by atoms with E-state index in [0.29, 0.717) is 17.4 Å². The van der Waals surface area contributed by atoms with Gasteiger partial charge in [0, 0.05) is 11.1 Å². The van der Waals surface area contributed by atoms with Gasteiger partial charge in [0.25, 0.3) is 0 Å². The summed E-state index contributed by atoms with van der Waals surface area (Å²) in [5.41, 5.74) is 2.67. The van der Waals surface area contributed by atoms with E-state index in [1.54, 1.807) is 0 Å². The molecule has 98 valence electrons. The molecule has 0 amide bonds. The number of halogens is 2. The minimum absolute atomic E-state index is 0.333. The second-order valence-corrected chi connectivity index (χ2v) is 5.02. The van der Waals surface area contributed by atoms with Gasteiger partial charge < -0.3 is 9.09 Å². The fourth-order valence-corrected chi connectivity index (χ4v) is 2.45. The van der Waals surface area contributed by atoms with Crippen molar-refractivity contribution in [2.75, 3.05) is 0 Å². The van der Waals surface area contributed by atoms with Crippen LogP contribution in [0.5, 0.6) is 0 Å². The molecule has 0 bridgehead atoms. The molecular formula is C13H11Cl2N3O. The minimum atomic E-state index is 0.333. The van der Waals surface area contributed by atoms with Crippen molar-refractivity contribution in [2.45, 2.75) is 19.3 Å². The average Bonchev–Trinajstić information content (AvgIpc) is 2.94. The third kappa shape index (κ3) is 2.33. The lowest BCUT2D eigenvalue weighted by atomic mass is 10.3. The summed E-state index contributed by atoms with van der Waals surface area (Å²) < 4.78 is 7.25. The molecule has 6 heteroatoms. The number of alkyl halides is 1. The molecule has 3 aromatic rings. The van der Waals surface area contributed by atoms with E-state index in [1.807, 2.05) is 35.8 Å². The van der Waals surface area contributed by atoms with E-state index in [9.17, 15) is 0 Å². The highest BCUT2D eigenvalue weighted by Gasteiger charge is 2.12. The number of aryl methyl sites for hydroxylation is 1. The second kappa shape index (κ2) is 4.87. The highest BCUT2D eigenvalue weighted by atomic mass is 35.5. The van der Waals surface area contributed by atoms with Crippen molar-refractivity contribution in [3.05, 3.63) is 46.6 Å². The first-order valence-corrected chi connectivity index (χ1v) is 6.71. The molecule has 4 nitrogen and oxygen atoms in total. The molecule has 0 fully saturated rings. The Kier molecular flexibility index (Phi) is 3.21. The summed E-state index contributed by atoms with van der Waals surface area (Å²) in [5.74, 6) is 1.89. The molecule has 3 rings (SSSR count). The van der Waals surface area contributed by atoms with Gasteiger partial charge >= 0.3 is 0 Å². The van der Waals surface area contributed by atoms with Crippen LogP contribution in [0.1, 0.15) is 17.3 Å². The van der Waals surface area contributed by atoms with Crippen molar-refractivity contribution in [3.8, 4) is 0 Å². The molecule has 0 radical (unpaired) electrons. The van der Waals surface area contributed by atoms with Crippen LogP contribution in [0.4, 0.5) is 0 Å². The summed E-state index contributed by atoms with van der Waals surface area (Å²) in [4.78, 5) is 4.48. The first kappa shape index (κ1) is 12.5. The van der Waals surface area contributed by atoms with E-state index in [1.165, 1.54) is 0 Å². The largest absolute Gasteiger partial charge is 0.359 e. The number of aromatic nitrogens is 3. The summed E-state index contributed by atoms with van der Waals surface area (Å²) >= 11 is 11.9. The Morgan fingerprint density at radius 1 is 1.32 bits per heavy atom. The fraction of sp³-hybridized carbons (Fsp3) is 0.231. The molecule has 2 heterocycles. The lowest BCUT2D eigenvalue weighted by molar-refractivity contribution is 0.373. The van der Waals surface area contributed by atoms with Gasteiger partial charge in [0.1, 0.15) is 5.82 Å². The van der Waals surface area contributed by atoms with Gasteiger partial charge in [0.05, 0.1) is 29.2 Å². The molecule has 1 aromatic carbocycles. The predicted molar refractivity (Wildman–Crippen MR) is 74.6 cm³/mol. The van der Waals surface area contributed by atoms with Gasteiger partial charge in [-0.25, -0.2) is 4.98 Å². The molecule has 19 heavy (non-hydrogen) atoms. The van der Waals surface area contributed by atoms with Crippen LogP contribution in [0.15, 0.2) is 28.8 Å².